The first-order valence-corrected chi connectivity index (χ1v) is 9.66. The first-order valence-electron chi connectivity index (χ1n) is 6.67. The standard InChI is InChI=1S/C13H17BrCl2N2O2S/c1-8-3-2-4-10(7-17)18(8)21(19,20)13-11(15)5-9(14)6-12(13)16/h5-6,8,10H,2-4,7,17H2,1H3. The first kappa shape index (κ1) is 17.5. The maximum absolute atomic E-state index is 13.0. The molecule has 0 aliphatic carbocycles. The number of hydrogen-bond donors (Lipinski definition) is 1. The minimum absolute atomic E-state index is 0.0405. The second-order valence-electron chi connectivity index (χ2n) is 5.20. The van der Waals surface area contributed by atoms with Crippen LogP contribution in [0, 0.1) is 0 Å². The zero-order valence-corrected chi connectivity index (χ0v) is 15.4. The van der Waals surface area contributed by atoms with Gasteiger partial charge in [0, 0.05) is 23.1 Å². The Morgan fingerprint density at radius 1 is 1.33 bits per heavy atom. The van der Waals surface area contributed by atoms with E-state index in [1.807, 2.05) is 6.92 Å². The van der Waals surface area contributed by atoms with Gasteiger partial charge in [-0.25, -0.2) is 8.42 Å². The number of sulfonamides is 1. The summed E-state index contributed by atoms with van der Waals surface area (Å²) >= 11 is 15.5. The predicted octanol–water partition coefficient (Wildman–Crippen LogP) is 3.65. The lowest BCUT2D eigenvalue weighted by atomic mass is 10.00. The van der Waals surface area contributed by atoms with Crippen molar-refractivity contribution in [1.82, 2.24) is 4.31 Å². The third-order valence-electron chi connectivity index (χ3n) is 3.72. The van der Waals surface area contributed by atoms with Gasteiger partial charge in [0.15, 0.2) is 0 Å². The summed E-state index contributed by atoms with van der Waals surface area (Å²) in [6.45, 7) is 2.18. The Hall–Kier alpha value is 0.150. The van der Waals surface area contributed by atoms with Gasteiger partial charge < -0.3 is 5.73 Å². The zero-order chi connectivity index (χ0) is 15.8. The van der Waals surface area contributed by atoms with Gasteiger partial charge in [-0.05, 0) is 31.9 Å². The quantitative estimate of drug-likeness (QED) is 0.819. The first-order chi connectivity index (χ1) is 9.78. The molecule has 2 atom stereocenters. The minimum Gasteiger partial charge on any atom is -0.329 e. The highest BCUT2D eigenvalue weighted by molar-refractivity contribution is 9.10. The van der Waals surface area contributed by atoms with Crippen molar-refractivity contribution < 1.29 is 8.42 Å². The van der Waals surface area contributed by atoms with E-state index >= 15 is 0 Å². The Bertz CT molecular complexity index is 616. The summed E-state index contributed by atoms with van der Waals surface area (Å²) < 4.78 is 28.1. The molecule has 0 saturated carbocycles. The van der Waals surface area contributed by atoms with Crippen molar-refractivity contribution in [2.75, 3.05) is 6.54 Å². The highest BCUT2D eigenvalue weighted by atomic mass is 79.9. The van der Waals surface area contributed by atoms with Crippen LogP contribution in [0.2, 0.25) is 10.0 Å². The van der Waals surface area contributed by atoms with Crippen LogP contribution in [0.1, 0.15) is 26.2 Å². The number of rotatable bonds is 3. The summed E-state index contributed by atoms with van der Waals surface area (Å²) in [7, 11) is -3.78. The molecule has 118 valence electrons. The lowest BCUT2D eigenvalue weighted by Gasteiger charge is -2.39. The highest BCUT2D eigenvalue weighted by Gasteiger charge is 2.39. The third-order valence-corrected chi connectivity index (χ3v) is 7.17. The molecule has 2 N–H and O–H groups in total. The fraction of sp³-hybridized carbons (Fsp3) is 0.538. The molecule has 1 aromatic carbocycles. The van der Waals surface area contributed by atoms with Crippen molar-refractivity contribution in [3.8, 4) is 0 Å². The molecule has 1 aliphatic rings. The predicted molar refractivity (Wildman–Crippen MR) is 89.3 cm³/mol. The fourth-order valence-corrected chi connectivity index (χ4v) is 6.58. The van der Waals surface area contributed by atoms with Crippen LogP contribution < -0.4 is 5.73 Å². The molecule has 21 heavy (non-hydrogen) atoms. The van der Waals surface area contributed by atoms with Crippen LogP contribution in [0.4, 0.5) is 0 Å². The van der Waals surface area contributed by atoms with Gasteiger partial charge in [0.2, 0.25) is 10.0 Å². The zero-order valence-electron chi connectivity index (χ0n) is 11.5. The van der Waals surface area contributed by atoms with Gasteiger partial charge in [-0.15, -0.1) is 0 Å². The van der Waals surface area contributed by atoms with Gasteiger partial charge in [-0.1, -0.05) is 45.6 Å². The van der Waals surface area contributed by atoms with Gasteiger partial charge in [-0.3, -0.25) is 0 Å². The van der Waals surface area contributed by atoms with Crippen molar-refractivity contribution in [1.29, 1.82) is 0 Å². The van der Waals surface area contributed by atoms with Crippen LogP contribution >= 0.6 is 39.1 Å². The van der Waals surface area contributed by atoms with Gasteiger partial charge in [0.05, 0.1) is 10.0 Å². The number of piperidine rings is 1. The molecule has 1 heterocycles. The number of halogens is 3. The molecule has 2 rings (SSSR count). The molecule has 1 fully saturated rings. The van der Waals surface area contributed by atoms with Crippen LogP contribution in [0.5, 0.6) is 0 Å². The number of nitrogens with two attached hydrogens (primary N) is 1. The van der Waals surface area contributed by atoms with Crippen LogP contribution in [0.3, 0.4) is 0 Å². The maximum atomic E-state index is 13.0. The van der Waals surface area contributed by atoms with Crippen molar-refractivity contribution in [3.63, 3.8) is 0 Å². The summed E-state index contributed by atoms with van der Waals surface area (Å²) in [6, 6.07) is 2.74. The molecular formula is C13H17BrCl2N2O2S. The molecular weight excluding hydrogens is 399 g/mol. The second kappa shape index (κ2) is 6.72. The molecule has 0 amide bonds. The molecule has 2 unspecified atom stereocenters. The topological polar surface area (TPSA) is 63.4 Å². The van der Waals surface area contributed by atoms with Gasteiger partial charge in [-0.2, -0.15) is 4.31 Å². The average molecular weight is 416 g/mol. The van der Waals surface area contributed by atoms with E-state index < -0.39 is 10.0 Å². The average Bonchev–Trinajstić information content (AvgIpc) is 2.36. The van der Waals surface area contributed by atoms with E-state index in [9.17, 15) is 8.42 Å². The number of nitrogens with zero attached hydrogens (tertiary/aromatic N) is 1. The van der Waals surface area contributed by atoms with Crippen LogP contribution in [0.15, 0.2) is 21.5 Å². The van der Waals surface area contributed by atoms with Crippen molar-refractivity contribution >= 4 is 49.2 Å². The highest BCUT2D eigenvalue weighted by Crippen LogP contribution is 2.38. The Morgan fingerprint density at radius 2 is 1.90 bits per heavy atom. The third kappa shape index (κ3) is 3.41. The molecule has 0 spiro atoms. The monoisotopic (exact) mass is 414 g/mol. The maximum Gasteiger partial charge on any atom is 0.246 e. The molecule has 0 bridgehead atoms. The van der Waals surface area contributed by atoms with Gasteiger partial charge >= 0.3 is 0 Å². The Labute approximate surface area is 143 Å². The number of hydrogen-bond acceptors (Lipinski definition) is 3. The Morgan fingerprint density at radius 3 is 2.43 bits per heavy atom. The van der Waals surface area contributed by atoms with E-state index in [2.05, 4.69) is 15.9 Å². The van der Waals surface area contributed by atoms with Crippen molar-refractivity contribution in [2.45, 2.75) is 43.2 Å². The van der Waals surface area contributed by atoms with E-state index in [1.165, 1.54) is 16.4 Å². The molecule has 1 saturated heterocycles. The molecule has 1 aliphatic heterocycles. The van der Waals surface area contributed by atoms with Crippen LogP contribution in [0.25, 0.3) is 0 Å². The summed E-state index contributed by atoms with van der Waals surface area (Å²) in [4.78, 5) is -0.0405. The Kier molecular flexibility index (Phi) is 5.60. The number of benzene rings is 1. The van der Waals surface area contributed by atoms with E-state index in [1.54, 1.807) is 0 Å². The summed E-state index contributed by atoms with van der Waals surface area (Å²) in [5.41, 5.74) is 5.75. The lowest BCUT2D eigenvalue weighted by Crippen LogP contribution is -2.51. The minimum atomic E-state index is -3.78. The molecule has 8 heteroatoms. The Balaban J connectivity index is 2.55. The van der Waals surface area contributed by atoms with E-state index in [4.69, 9.17) is 28.9 Å². The SMILES string of the molecule is CC1CCCC(CN)N1S(=O)(=O)c1c(Cl)cc(Br)cc1Cl. The van der Waals surface area contributed by atoms with Crippen molar-refractivity contribution in [2.24, 2.45) is 5.73 Å². The largest absolute Gasteiger partial charge is 0.329 e. The molecule has 0 aromatic heterocycles. The lowest BCUT2D eigenvalue weighted by molar-refractivity contribution is 0.196. The van der Waals surface area contributed by atoms with E-state index in [0.29, 0.717) is 4.47 Å². The summed E-state index contributed by atoms with van der Waals surface area (Å²) in [6.07, 6.45) is 2.53. The van der Waals surface area contributed by atoms with Gasteiger partial charge in [0.25, 0.3) is 0 Å². The smallest absolute Gasteiger partial charge is 0.246 e. The molecule has 4 nitrogen and oxygen atoms in total. The summed E-state index contributed by atoms with van der Waals surface area (Å²) in [5, 5.41) is 0.228. The molecule has 1 aromatic rings. The van der Waals surface area contributed by atoms with E-state index in [-0.39, 0.29) is 33.6 Å². The van der Waals surface area contributed by atoms with E-state index in [0.717, 1.165) is 19.3 Å². The summed E-state index contributed by atoms with van der Waals surface area (Å²) in [5.74, 6) is 0. The second-order valence-corrected chi connectivity index (χ2v) is 8.71. The van der Waals surface area contributed by atoms with Gasteiger partial charge in [0.1, 0.15) is 4.90 Å². The normalized spacial score (nSPS) is 24.2. The van der Waals surface area contributed by atoms with Crippen LogP contribution in [-0.2, 0) is 10.0 Å². The van der Waals surface area contributed by atoms with Crippen LogP contribution in [-0.4, -0.2) is 31.4 Å². The molecule has 0 radical (unpaired) electrons. The fourth-order valence-electron chi connectivity index (χ4n) is 2.80. The van der Waals surface area contributed by atoms with Crippen molar-refractivity contribution in [3.05, 3.63) is 26.7 Å².